The van der Waals surface area contributed by atoms with Crippen molar-refractivity contribution in [3.05, 3.63) is 70.9 Å². The largest absolute Gasteiger partial charge is 0.459 e. The Morgan fingerprint density at radius 2 is 2.04 bits per heavy atom. The predicted molar refractivity (Wildman–Crippen MR) is 100 cm³/mol. The van der Waals surface area contributed by atoms with Gasteiger partial charge in [-0.2, -0.15) is 0 Å². The van der Waals surface area contributed by atoms with Gasteiger partial charge < -0.3 is 9.73 Å². The Morgan fingerprint density at radius 1 is 1.21 bits per heavy atom. The topological polar surface area (TPSA) is 42.2 Å². The molecule has 0 aliphatic rings. The number of carbonyl (C=O) groups is 1. The normalized spacial score (nSPS) is 12.2. The summed E-state index contributed by atoms with van der Waals surface area (Å²) in [7, 11) is 0. The van der Waals surface area contributed by atoms with E-state index in [1.54, 1.807) is 11.8 Å². The third-order valence-corrected chi connectivity index (χ3v) is 4.88. The van der Waals surface area contributed by atoms with Crippen molar-refractivity contribution in [3.63, 3.8) is 0 Å². The van der Waals surface area contributed by atoms with Gasteiger partial charge in [0, 0.05) is 16.2 Å². The number of thioether (sulfide) groups is 1. The lowest BCUT2D eigenvalue weighted by Crippen LogP contribution is -2.27. The van der Waals surface area contributed by atoms with Crippen molar-refractivity contribution >= 4 is 40.2 Å². The summed E-state index contributed by atoms with van der Waals surface area (Å²) in [5, 5.41) is 4.74. The number of furan rings is 1. The van der Waals surface area contributed by atoms with Crippen molar-refractivity contribution in [1.82, 2.24) is 5.32 Å². The fourth-order valence-electron chi connectivity index (χ4n) is 2.46. The molecule has 124 valence electrons. The molecular weight excluding hydrogens is 342 g/mol. The summed E-state index contributed by atoms with van der Waals surface area (Å²) in [6, 6.07) is 17.3. The minimum absolute atomic E-state index is 0.00464. The summed E-state index contributed by atoms with van der Waals surface area (Å²) in [6.45, 7) is 1.93. The number of fused-ring (bicyclic) bond motifs is 1. The quantitative estimate of drug-likeness (QED) is 0.658. The van der Waals surface area contributed by atoms with Gasteiger partial charge in [0.05, 0.1) is 11.8 Å². The van der Waals surface area contributed by atoms with E-state index in [2.05, 4.69) is 5.32 Å². The molecule has 5 heteroatoms. The van der Waals surface area contributed by atoms with E-state index in [-0.39, 0.29) is 11.9 Å². The molecule has 3 aromatic rings. The molecule has 0 spiro atoms. The lowest BCUT2D eigenvalue weighted by atomic mass is 10.2. The number of carbonyl (C=O) groups excluding carboxylic acids is 1. The zero-order valence-electron chi connectivity index (χ0n) is 13.3. The van der Waals surface area contributed by atoms with Crippen molar-refractivity contribution in [2.24, 2.45) is 0 Å². The van der Waals surface area contributed by atoms with Crippen LogP contribution in [0.1, 0.15) is 24.3 Å². The van der Waals surface area contributed by atoms with Gasteiger partial charge >= 0.3 is 0 Å². The lowest BCUT2D eigenvalue weighted by Gasteiger charge is -2.11. The van der Waals surface area contributed by atoms with E-state index in [1.165, 1.54) is 0 Å². The highest BCUT2D eigenvalue weighted by molar-refractivity contribution is 7.99. The number of para-hydroxylation sites is 1. The van der Waals surface area contributed by atoms with Crippen molar-refractivity contribution in [1.29, 1.82) is 0 Å². The first kappa shape index (κ1) is 16.9. The van der Waals surface area contributed by atoms with Gasteiger partial charge in [0.1, 0.15) is 11.3 Å². The van der Waals surface area contributed by atoms with E-state index in [0.717, 1.165) is 33.1 Å². The Bertz CT molecular complexity index is 813. The number of rotatable bonds is 6. The van der Waals surface area contributed by atoms with E-state index >= 15 is 0 Å². The van der Waals surface area contributed by atoms with Crippen LogP contribution in [-0.2, 0) is 10.5 Å². The Hall–Kier alpha value is -1.91. The maximum absolute atomic E-state index is 12.1. The van der Waals surface area contributed by atoms with Crippen LogP contribution in [-0.4, -0.2) is 11.7 Å². The van der Waals surface area contributed by atoms with Gasteiger partial charge in [0.25, 0.3) is 0 Å². The van der Waals surface area contributed by atoms with Gasteiger partial charge in [-0.05, 0) is 36.8 Å². The molecule has 0 saturated heterocycles. The number of benzene rings is 2. The molecule has 2 aromatic carbocycles. The maximum Gasteiger partial charge on any atom is 0.230 e. The Kier molecular flexibility index (Phi) is 5.48. The summed E-state index contributed by atoms with van der Waals surface area (Å²) in [5.41, 5.74) is 1.95. The van der Waals surface area contributed by atoms with E-state index in [0.29, 0.717) is 5.75 Å². The van der Waals surface area contributed by atoms with Gasteiger partial charge in [-0.15, -0.1) is 11.8 Å². The van der Waals surface area contributed by atoms with Crippen LogP contribution in [0.2, 0.25) is 5.02 Å². The highest BCUT2D eigenvalue weighted by atomic mass is 35.5. The molecule has 24 heavy (non-hydrogen) atoms. The van der Waals surface area contributed by atoms with E-state index < -0.39 is 0 Å². The average molecular weight is 360 g/mol. The van der Waals surface area contributed by atoms with Crippen LogP contribution < -0.4 is 5.32 Å². The molecule has 3 rings (SSSR count). The van der Waals surface area contributed by atoms with Crippen LogP contribution in [0, 0.1) is 0 Å². The summed E-state index contributed by atoms with van der Waals surface area (Å²) < 4.78 is 5.78. The van der Waals surface area contributed by atoms with Gasteiger partial charge in [-0.25, -0.2) is 0 Å². The van der Waals surface area contributed by atoms with Crippen LogP contribution in [0.4, 0.5) is 0 Å². The lowest BCUT2D eigenvalue weighted by molar-refractivity contribution is -0.119. The van der Waals surface area contributed by atoms with E-state index in [1.807, 2.05) is 61.5 Å². The molecule has 0 aliphatic carbocycles. The van der Waals surface area contributed by atoms with Gasteiger partial charge in [-0.3, -0.25) is 4.79 Å². The highest BCUT2D eigenvalue weighted by Gasteiger charge is 2.14. The predicted octanol–water partition coefficient (Wildman–Crippen LogP) is 5.20. The molecular formula is C19H18ClNO2S. The van der Waals surface area contributed by atoms with Gasteiger partial charge in [0.15, 0.2) is 0 Å². The average Bonchev–Trinajstić information content (AvgIpc) is 2.99. The molecule has 0 aliphatic heterocycles. The van der Waals surface area contributed by atoms with Crippen LogP contribution >= 0.6 is 23.4 Å². The fraction of sp³-hybridized carbons (Fsp3) is 0.211. The Morgan fingerprint density at radius 3 is 2.83 bits per heavy atom. The van der Waals surface area contributed by atoms with E-state index in [4.69, 9.17) is 16.0 Å². The van der Waals surface area contributed by atoms with Crippen LogP contribution in [0.5, 0.6) is 0 Å². The monoisotopic (exact) mass is 359 g/mol. The summed E-state index contributed by atoms with van der Waals surface area (Å²) in [6.07, 6.45) is 0. The zero-order chi connectivity index (χ0) is 16.9. The molecule has 0 saturated carbocycles. The molecule has 0 radical (unpaired) electrons. The minimum Gasteiger partial charge on any atom is -0.459 e. The summed E-state index contributed by atoms with van der Waals surface area (Å²) >= 11 is 7.52. The first-order valence-electron chi connectivity index (χ1n) is 7.72. The first-order valence-corrected chi connectivity index (χ1v) is 9.25. The molecule has 0 unspecified atom stereocenters. The first-order chi connectivity index (χ1) is 11.6. The summed E-state index contributed by atoms with van der Waals surface area (Å²) in [5.74, 6) is 1.92. The minimum atomic E-state index is -0.156. The van der Waals surface area contributed by atoms with Crippen molar-refractivity contribution < 1.29 is 9.21 Å². The second kappa shape index (κ2) is 7.77. The van der Waals surface area contributed by atoms with Gasteiger partial charge in [-0.1, -0.05) is 41.9 Å². The number of hydrogen-bond acceptors (Lipinski definition) is 3. The number of halogens is 1. The molecule has 1 N–H and O–H groups in total. The molecule has 1 heterocycles. The Balaban J connectivity index is 1.50. The molecule has 1 amide bonds. The van der Waals surface area contributed by atoms with Crippen molar-refractivity contribution in [2.45, 2.75) is 18.7 Å². The molecule has 3 nitrogen and oxygen atoms in total. The van der Waals surface area contributed by atoms with Crippen LogP contribution in [0.3, 0.4) is 0 Å². The third kappa shape index (κ3) is 4.34. The Labute approximate surface area is 150 Å². The summed E-state index contributed by atoms with van der Waals surface area (Å²) in [4.78, 5) is 12.1. The number of nitrogens with one attached hydrogen (secondary N) is 1. The second-order valence-electron chi connectivity index (χ2n) is 5.60. The molecule has 0 bridgehead atoms. The van der Waals surface area contributed by atoms with Crippen molar-refractivity contribution in [3.8, 4) is 0 Å². The van der Waals surface area contributed by atoms with Crippen LogP contribution in [0.25, 0.3) is 11.0 Å². The maximum atomic E-state index is 12.1. The zero-order valence-corrected chi connectivity index (χ0v) is 14.9. The molecule has 1 aromatic heterocycles. The fourth-order valence-corrected chi connectivity index (χ4v) is 3.46. The number of amides is 1. The SMILES string of the molecule is C[C@@H](NC(=O)CSCc1cccc(Cl)c1)c1cc2ccccc2o1. The molecule has 1 atom stereocenters. The standard InChI is InChI=1S/C19H18ClNO2S/c1-13(18-10-15-6-2-3-8-17(15)23-18)21-19(22)12-24-11-14-5-4-7-16(20)9-14/h2-10,13H,11-12H2,1H3,(H,21,22)/t13-/m1/s1. The number of hydrogen-bond donors (Lipinski definition) is 1. The molecule has 0 fully saturated rings. The van der Waals surface area contributed by atoms with Gasteiger partial charge in [0.2, 0.25) is 5.91 Å². The van der Waals surface area contributed by atoms with Crippen LogP contribution in [0.15, 0.2) is 59.0 Å². The van der Waals surface area contributed by atoms with E-state index in [9.17, 15) is 4.79 Å². The third-order valence-electron chi connectivity index (χ3n) is 3.64. The van der Waals surface area contributed by atoms with Crippen molar-refractivity contribution in [2.75, 3.05) is 5.75 Å². The smallest absolute Gasteiger partial charge is 0.230 e. The second-order valence-corrected chi connectivity index (χ2v) is 7.02. The highest BCUT2D eigenvalue weighted by Crippen LogP contribution is 2.23.